The molecule has 0 aromatic heterocycles. The van der Waals surface area contributed by atoms with Gasteiger partial charge in [-0.3, -0.25) is 11.3 Å². The van der Waals surface area contributed by atoms with Gasteiger partial charge >= 0.3 is 0 Å². The summed E-state index contributed by atoms with van der Waals surface area (Å²) >= 11 is 1.90. The highest BCUT2D eigenvalue weighted by molar-refractivity contribution is 7.99. The maximum atomic E-state index is 5.59. The van der Waals surface area contributed by atoms with Gasteiger partial charge in [0.2, 0.25) is 0 Å². The summed E-state index contributed by atoms with van der Waals surface area (Å²) in [6.45, 7) is 4.39. The lowest BCUT2D eigenvalue weighted by Gasteiger charge is -2.15. The molecule has 1 rings (SSSR count). The molecule has 0 aliphatic heterocycles. The molecule has 0 fully saturated rings. The molecule has 17 heavy (non-hydrogen) atoms. The third kappa shape index (κ3) is 5.57. The summed E-state index contributed by atoms with van der Waals surface area (Å²) in [5, 5.41) is 0. The largest absolute Gasteiger partial charge is 0.271 e. The Morgan fingerprint density at radius 3 is 2.71 bits per heavy atom. The topological polar surface area (TPSA) is 38.0 Å². The van der Waals surface area contributed by atoms with Crippen LogP contribution in [0.1, 0.15) is 38.2 Å². The lowest BCUT2D eigenvalue weighted by atomic mass is 10.1. The molecular formula is C14H24N2S. The molecule has 3 heteroatoms. The van der Waals surface area contributed by atoms with Gasteiger partial charge in [-0.25, -0.2) is 0 Å². The van der Waals surface area contributed by atoms with Crippen LogP contribution in [-0.4, -0.2) is 11.8 Å². The Morgan fingerprint density at radius 2 is 2.06 bits per heavy atom. The van der Waals surface area contributed by atoms with Crippen molar-refractivity contribution in [1.29, 1.82) is 0 Å². The fraction of sp³-hybridized carbons (Fsp3) is 0.571. The highest BCUT2D eigenvalue weighted by atomic mass is 32.2. The molecule has 1 atom stereocenters. The van der Waals surface area contributed by atoms with Gasteiger partial charge in [0, 0.05) is 16.7 Å². The Bertz CT molecular complexity index is 315. The highest BCUT2D eigenvalue weighted by Gasteiger charge is 2.07. The van der Waals surface area contributed by atoms with E-state index in [2.05, 4.69) is 43.5 Å². The van der Waals surface area contributed by atoms with Crippen LogP contribution in [0.25, 0.3) is 0 Å². The summed E-state index contributed by atoms with van der Waals surface area (Å²) in [5.41, 5.74) is 4.28. The molecule has 0 spiro atoms. The lowest BCUT2D eigenvalue weighted by molar-refractivity contribution is 0.506. The van der Waals surface area contributed by atoms with E-state index < -0.39 is 0 Å². The number of rotatable bonds is 8. The fourth-order valence-corrected chi connectivity index (χ4v) is 2.88. The SMILES string of the molecule is CCCCCC(CSc1ccccc1C)NN. The number of benzene rings is 1. The van der Waals surface area contributed by atoms with Crippen molar-refractivity contribution in [2.45, 2.75) is 50.5 Å². The summed E-state index contributed by atoms with van der Waals surface area (Å²) in [6, 6.07) is 8.94. The summed E-state index contributed by atoms with van der Waals surface area (Å²) < 4.78 is 0. The van der Waals surface area contributed by atoms with Crippen LogP contribution in [0.15, 0.2) is 29.2 Å². The van der Waals surface area contributed by atoms with Crippen LogP contribution in [0.2, 0.25) is 0 Å². The standard InChI is InChI=1S/C14H24N2S/c1-3-4-5-9-13(16-15)11-17-14-10-7-6-8-12(14)2/h6-8,10,13,16H,3-5,9,11,15H2,1-2H3. The van der Waals surface area contributed by atoms with E-state index in [4.69, 9.17) is 5.84 Å². The minimum absolute atomic E-state index is 0.422. The second-order valence-electron chi connectivity index (χ2n) is 4.44. The van der Waals surface area contributed by atoms with Gasteiger partial charge in [-0.2, -0.15) is 0 Å². The minimum atomic E-state index is 0.422. The van der Waals surface area contributed by atoms with Crippen LogP contribution in [0.5, 0.6) is 0 Å². The molecule has 1 aromatic carbocycles. The highest BCUT2D eigenvalue weighted by Crippen LogP contribution is 2.23. The van der Waals surface area contributed by atoms with E-state index in [0.717, 1.165) is 5.75 Å². The number of unbranched alkanes of at least 4 members (excludes halogenated alkanes) is 2. The Morgan fingerprint density at radius 1 is 1.29 bits per heavy atom. The minimum Gasteiger partial charge on any atom is -0.271 e. The van der Waals surface area contributed by atoms with E-state index in [1.807, 2.05) is 11.8 Å². The molecule has 0 heterocycles. The third-order valence-electron chi connectivity index (χ3n) is 2.93. The number of nitrogens with two attached hydrogens (primary N) is 1. The lowest BCUT2D eigenvalue weighted by Crippen LogP contribution is -2.36. The predicted molar refractivity (Wildman–Crippen MR) is 77.2 cm³/mol. The van der Waals surface area contributed by atoms with Crippen LogP contribution >= 0.6 is 11.8 Å². The molecule has 1 aromatic rings. The molecule has 0 radical (unpaired) electrons. The van der Waals surface area contributed by atoms with Crippen LogP contribution in [0.4, 0.5) is 0 Å². The molecular weight excluding hydrogens is 228 g/mol. The molecule has 0 saturated carbocycles. The zero-order chi connectivity index (χ0) is 12.5. The smallest absolute Gasteiger partial charge is 0.0304 e. The van der Waals surface area contributed by atoms with Crippen LogP contribution < -0.4 is 11.3 Å². The number of nitrogens with one attached hydrogen (secondary N) is 1. The Hall–Kier alpha value is -0.510. The van der Waals surface area contributed by atoms with Crippen molar-refractivity contribution in [2.75, 3.05) is 5.75 Å². The number of aryl methyl sites for hydroxylation is 1. The third-order valence-corrected chi connectivity index (χ3v) is 4.26. The average molecular weight is 252 g/mol. The van der Waals surface area contributed by atoms with Crippen LogP contribution in [0.3, 0.4) is 0 Å². The zero-order valence-corrected chi connectivity index (χ0v) is 11.7. The van der Waals surface area contributed by atoms with Crippen molar-refractivity contribution in [3.63, 3.8) is 0 Å². The van der Waals surface area contributed by atoms with Crippen LogP contribution in [0, 0.1) is 6.92 Å². The van der Waals surface area contributed by atoms with Crippen molar-refractivity contribution in [2.24, 2.45) is 5.84 Å². The van der Waals surface area contributed by atoms with Gasteiger partial charge in [0.05, 0.1) is 0 Å². The first-order valence-electron chi connectivity index (χ1n) is 6.42. The number of hydrazine groups is 1. The summed E-state index contributed by atoms with van der Waals surface area (Å²) in [6.07, 6.45) is 5.00. The Labute approximate surface area is 109 Å². The number of hydrogen-bond donors (Lipinski definition) is 2. The molecule has 2 nitrogen and oxygen atoms in total. The average Bonchev–Trinajstić information content (AvgIpc) is 2.35. The van der Waals surface area contributed by atoms with E-state index in [-0.39, 0.29) is 0 Å². The molecule has 0 saturated heterocycles. The Kier molecular flexibility index (Phi) is 7.33. The van der Waals surface area contributed by atoms with Gasteiger partial charge in [-0.1, -0.05) is 44.4 Å². The van der Waals surface area contributed by atoms with Crippen molar-refractivity contribution >= 4 is 11.8 Å². The molecule has 0 aliphatic rings. The monoisotopic (exact) mass is 252 g/mol. The van der Waals surface area contributed by atoms with Gasteiger partial charge in [-0.05, 0) is 25.0 Å². The Balaban J connectivity index is 2.34. The van der Waals surface area contributed by atoms with Gasteiger partial charge in [-0.15, -0.1) is 11.8 Å². The molecule has 0 aliphatic carbocycles. The van der Waals surface area contributed by atoms with E-state index in [0.29, 0.717) is 6.04 Å². The van der Waals surface area contributed by atoms with E-state index in [9.17, 15) is 0 Å². The summed E-state index contributed by atoms with van der Waals surface area (Å²) in [5.74, 6) is 6.64. The summed E-state index contributed by atoms with van der Waals surface area (Å²) in [4.78, 5) is 1.36. The molecule has 96 valence electrons. The van der Waals surface area contributed by atoms with E-state index in [1.54, 1.807) is 0 Å². The second kappa shape index (κ2) is 8.56. The molecule has 0 amide bonds. The van der Waals surface area contributed by atoms with Gasteiger partial charge < -0.3 is 0 Å². The first-order chi connectivity index (χ1) is 8.27. The maximum Gasteiger partial charge on any atom is 0.0304 e. The summed E-state index contributed by atoms with van der Waals surface area (Å²) in [7, 11) is 0. The normalized spacial score (nSPS) is 12.6. The van der Waals surface area contributed by atoms with Crippen LogP contribution in [-0.2, 0) is 0 Å². The molecule has 1 unspecified atom stereocenters. The van der Waals surface area contributed by atoms with Crippen molar-refractivity contribution < 1.29 is 0 Å². The van der Waals surface area contributed by atoms with E-state index >= 15 is 0 Å². The van der Waals surface area contributed by atoms with Gasteiger partial charge in [0.15, 0.2) is 0 Å². The maximum absolute atomic E-state index is 5.59. The number of hydrogen-bond acceptors (Lipinski definition) is 3. The van der Waals surface area contributed by atoms with Crippen molar-refractivity contribution in [1.82, 2.24) is 5.43 Å². The first-order valence-corrected chi connectivity index (χ1v) is 7.41. The fourth-order valence-electron chi connectivity index (χ4n) is 1.76. The van der Waals surface area contributed by atoms with Crippen molar-refractivity contribution in [3.05, 3.63) is 29.8 Å². The van der Waals surface area contributed by atoms with E-state index in [1.165, 1.54) is 36.1 Å². The van der Waals surface area contributed by atoms with Gasteiger partial charge in [0.25, 0.3) is 0 Å². The molecule has 0 bridgehead atoms. The van der Waals surface area contributed by atoms with Gasteiger partial charge in [0.1, 0.15) is 0 Å². The predicted octanol–water partition coefficient (Wildman–Crippen LogP) is 3.50. The molecule has 3 N–H and O–H groups in total. The quantitative estimate of drug-likeness (QED) is 0.322. The zero-order valence-electron chi connectivity index (χ0n) is 10.9. The number of thioether (sulfide) groups is 1. The van der Waals surface area contributed by atoms with Crippen molar-refractivity contribution in [3.8, 4) is 0 Å². The first kappa shape index (κ1) is 14.6. The second-order valence-corrected chi connectivity index (χ2v) is 5.50.